The summed E-state index contributed by atoms with van der Waals surface area (Å²) in [4.78, 5) is 0. The smallest absolute Gasteiger partial charge is 0.207 e. The van der Waals surface area contributed by atoms with Gasteiger partial charge in [0.2, 0.25) is 0 Å². The number of benzene rings is 2. The van der Waals surface area contributed by atoms with Crippen LogP contribution in [0.2, 0.25) is 0 Å². The summed E-state index contributed by atoms with van der Waals surface area (Å²) in [5.74, 6) is -0.430. The lowest BCUT2D eigenvalue weighted by Gasteiger charge is -2.08. The lowest BCUT2D eigenvalue weighted by atomic mass is 10.0. The van der Waals surface area contributed by atoms with E-state index < -0.39 is 17.6 Å². The molecule has 0 aliphatic carbocycles. The number of hydrogen-bond donors (Lipinski definition) is 0. The van der Waals surface area contributed by atoms with E-state index in [0.29, 0.717) is 11.1 Å². The van der Waals surface area contributed by atoms with Gasteiger partial charge < -0.3 is 0 Å². The van der Waals surface area contributed by atoms with Crippen molar-refractivity contribution < 1.29 is 17.6 Å². The van der Waals surface area contributed by atoms with Crippen LogP contribution in [-0.2, 0) is 6.18 Å². The highest BCUT2D eigenvalue weighted by Gasteiger charge is 2.30. The Kier molecular flexibility index (Phi) is 2.88. The highest BCUT2D eigenvalue weighted by atomic mass is 19.4. The molecule has 2 rings (SSSR count). The molecular formula is C13H7F4. The van der Waals surface area contributed by atoms with E-state index in [1.807, 2.05) is 0 Å². The Bertz CT molecular complexity index is 512. The van der Waals surface area contributed by atoms with E-state index in [0.717, 1.165) is 12.1 Å². The van der Waals surface area contributed by atoms with Crippen molar-refractivity contribution in [3.8, 4) is 11.1 Å². The molecule has 0 aromatic heterocycles. The van der Waals surface area contributed by atoms with Crippen LogP contribution in [0.1, 0.15) is 5.56 Å². The van der Waals surface area contributed by atoms with Gasteiger partial charge in [-0.15, -0.1) is 0 Å². The molecule has 0 bridgehead atoms. The number of alkyl halides is 3. The van der Waals surface area contributed by atoms with Gasteiger partial charge in [-0.1, -0.05) is 18.2 Å². The van der Waals surface area contributed by atoms with Crippen molar-refractivity contribution in [2.24, 2.45) is 0 Å². The first-order chi connectivity index (χ1) is 7.97. The molecule has 2 aromatic rings. The molecule has 0 unspecified atom stereocenters. The van der Waals surface area contributed by atoms with Gasteiger partial charge in [0, 0.05) is 0 Å². The van der Waals surface area contributed by atoms with E-state index in [2.05, 4.69) is 6.07 Å². The van der Waals surface area contributed by atoms with Gasteiger partial charge in [-0.05, 0) is 41.5 Å². The third kappa shape index (κ3) is 2.64. The highest BCUT2D eigenvalue weighted by molar-refractivity contribution is 5.63. The topological polar surface area (TPSA) is 0 Å². The SMILES string of the molecule is Fc1ccc(-c2[c]ccc(C(F)(F)F)c2)cc1. The maximum absolute atomic E-state index is 12.7. The van der Waals surface area contributed by atoms with Crippen LogP contribution in [0, 0.1) is 11.9 Å². The lowest BCUT2D eigenvalue weighted by Crippen LogP contribution is -2.04. The van der Waals surface area contributed by atoms with Crippen LogP contribution in [0.5, 0.6) is 0 Å². The molecule has 0 atom stereocenters. The van der Waals surface area contributed by atoms with Crippen molar-refractivity contribution in [2.75, 3.05) is 0 Å². The first-order valence-electron chi connectivity index (χ1n) is 4.82. The first kappa shape index (κ1) is 11.6. The minimum Gasteiger partial charge on any atom is -0.207 e. The van der Waals surface area contributed by atoms with Gasteiger partial charge in [0.15, 0.2) is 0 Å². The summed E-state index contributed by atoms with van der Waals surface area (Å²) in [5, 5.41) is 0. The van der Waals surface area contributed by atoms with Crippen molar-refractivity contribution in [3.63, 3.8) is 0 Å². The zero-order chi connectivity index (χ0) is 12.5. The van der Waals surface area contributed by atoms with Crippen LogP contribution in [0.15, 0.2) is 42.5 Å². The summed E-state index contributed by atoms with van der Waals surface area (Å²) in [6.45, 7) is 0. The Morgan fingerprint density at radius 3 is 2.18 bits per heavy atom. The fourth-order valence-corrected chi connectivity index (χ4v) is 1.44. The predicted molar refractivity (Wildman–Crippen MR) is 55.7 cm³/mol. The third-order valence-corrected chi connectivity index (χ3v) is 2.28. The largest absolute Gasteiger partial charge is 0.416 e. The summed E-state index contributed by atoms with van der Waals surface area (Å²) < 4.78 is 50.1. The van der Waals surface area contributed by atoms with E-state index in [-0.39, 0.29) is 0 Å². The predicted octanol–water partition coefficient (Wildman–Crippen LogP) is 4.31. The van der Waals surface area contributed by atoms with Crippen LogP contribution in [-0.4, -0.2) is 0 Å². The summed E-state index contributed by atoms with van der Waals surface area (Å²) in [6, 6.07) is 11.1. The summed E-state index contributed by atoms with van der Waals surface area (Å²) >= 11 is 0. The molecule has 0 aliphatic rings. The van der Waals surface area contributed by atoms with Crippen molar-refractivity contribution >= 4 is 0 Å². The molecule has 1 radical (unpaired) electrons. The molecule has 2 aromatic carbocycles. The zero-order valence-electron chi connectivity index (χ0n) is 8.55. The van der Waals surface area contributed by atoms with Gasteiger partial charge in [0.05, 0.1) is 5.56 Å². The lowest BCUT2D eigenvalue weighted by molar-refractivity contribution is -0.137. The van der Waals surface area contributed by atoms with E-state index in [9.17, 15) is 17.6 Å². The molecule has 0 amide bonds. The number of hydrogen-bond acceptors (Lipinski definition) is 0. The Morgan fingerprint density at radius 1 is 0.941 bits per heavy atom. The molecule has 0 heterocycles. The first-order valence-corrected chi connectivity index (χ1v) is 4.82. The van der Waals surface area contributed by atoms with Gasteiger partial charge in [-0.25, -0.2) is 4.39 Å². The Balaban J connectivity index is 2.43. The van der Waals surface area contributed by atoms with E-state index in [1.54, 1.807) is 0 Å². The molecule has 87 valence electrons. The minimum absolute atomic E-state index is 0.292. The average Bonchev–Trinajstić information content (AvgIpc) is 2.29. The molecule has 0 N–H and O–H groups in total. The van der Waals surface area contributed by atoms with Crippen LogP contribution >= 0.6 is 0 Å². The second-order valence-corrected chi connectivity index (χ2v) is 3.50. The number of rotatable bonds is 1. The molecule has 0 spiro atoms. The molecule has 4 heteroatoms. The van der Waals surface area contributed by atoms with Gasteiger partial charge >= 0.3 is 6.18 Å². The molecule has 0 aliphatic heterocycles. The van der Waals surface area contributed by atoms with Gasteiger partial charge in [-0.2, -0.15) is 13.2 Å². The van der Waals surface area contributed by atoms with Gasteiger partial charge in [0.25, 0.3) is 0 Å². The van der Waals surface area contributed by atoms with E-state index in [4.69, 9.17) is 0 Å². The summed E-state index contributed by atoms with van der Waals surface area (Å²) in [5.41, 5.74) is 0.0490. The fraction of sp³-hybridized carbons (Fsp3) is 0.0769. The molecule has 0 saturated carbocycles. The third-order valence-electron chi connectivity index (χ3n) is 2.28. The normalized spacial score (nSPS) is 11.5. The molecule has 0 saturated heterocycles. The van der Waals surface area contributed by atoms with Crippen molar-refractivity contribution in [3.05, 3.63) is 59.9 Å². The maximum Gasteiger partial charge on any atom is 0.416 e. The second-order valence-electron chi connectivity index (χ2n) is 3.50. The Hall–Kier alpha value is -1.84. The van der Waals surface area contributed by atoms with Crippen LogP contribution in [0.25, 0.3) is 11.1 Å². The van der Waals surface area contributed by atoms with E-state index in [1.165, 1.54) is 30.3 Å². The van der Waals surface area contributed by atoms with Crippen LogP contribution < -0.4 is 0 Å². The standard InChI is InChI=1S/C13H7F4/c14-12-6-4-9(5-7-12)10-2-1-3-11(8-10)13(15,16)17/h1,3-8H. The molecule has 0 fully saturated rings. The Labute approximate surface area is 95.5 Å². The summed E-state index contributed by atoms with van der Waals surface area (Å²) in [7, 11) is 0. The molecular weight excluding hydrogens is 232 g/mol. The van der Waals surface area contributed by atoms with E-state index >= 15 is 0 Å². The quantitative estimate of drug-likeness (QED) is 0.650. The average molecular weight is 239 g/mol. The zero-order valence-corrected chi connectivity index (χ0v) is 8.55. The molecule has 17 heavy (non-hydrogen) atoms. The number of halogens is 4. The second kappa shape index (κ2) is 4.20. The van der Waals surface area contributed by atoms with Crippen LogP contribution in [0.4, 0.5) is 17.6 Å². The van der Waals surface area contributed by atoms with Gasteiger partial charge in [0.1, 0.15) is 5.82 Å². The molecule has 0 nitrogen and oxygen atoms in total. The highest BCUT2D eigenvalue weighted by Crippen LogP contribution is 2.31. The monoisotopic (exact) mass is 239 g/mol. The fourth-order valence-electron chi connectivity index (χ4n) is 1.44. The minimum atomic E-state index is -4.39. The Morgan fingerprint density at radius 2 is 1.59 bits per heavy atom. The van der Waals surface area contributed by atoms with Crippen molar-refractivity contribution in [1.82, 2.24) is 0 Å². The maximum atomic E-state index is 12.7. The van der Waals surface area contributed by atoms with Crippen molar-refractivity contribution in [2.45, 2.75) is 6.18 Å². The summed E-state index contributed by atoms with van der Waals surface area (Å²) in [6.07, 6.45) is -4.39. The van der Waals surface area contributed by atoms with Crippen molar-refractivity contribution in [1.29, 1.82) is 0 Å². The van der Waals surface area contributed by atoms with Gasteiger partial charge in [-0.3, -0.25) is 0 Å². The van der Waals surface area contributed by atoms with Crippen LogP contribution in [0.3, 0.4) is 0 Å².